The Morgan fingerprint density at radius 3 is 2.68 bits per heavy atom. The Hall–Kier alpha value is -0.530. The molecular weight excluding hydrogens is 352 g/mol. The third-order valence-electron chi connectivity index (χ3n) is 2.41. The van der Waals surface area contributed by atoms with Crippen LogP contribution in [-0.4, -0.2) is 36.8 Å². The van der Waals surface area contributed by atoms with Crippen LogP contribution in [0.3, 0.4) is 0 Å². The first-order valence-electron chi connectivity index (χ1n) is 5.72. The standard InChI is InChI=1S/C12H15BrO4S2/c1-2-18-6-3-7-19(16,17)11-8-9(13)4-5-10(11)12(14)15/h4-5,8H,2-3,6-7H2,1H3,(H,14,15). The van der Waals surface area contributed by atoms with Gasteiger partial charge in [-0.3, -0.25) is 0 Å². The van der Waals surface area contributed by atoms with E-state index in [0.29, 0.717) is 10.9 Å². The predicted molar refractivity (Wildman–Crippen MR) is 80.8 cm³/mol. The lowest BCUT2D eigenvalue weighted by molar-refractivity contribution is 0.0692. The van der Waals surface area contributed by atoms with Crippen molar-refractivity contribution in [3.05, 3.63) is 28.2 Å². The molecule has 0 aliphatic rings. The van der Waals surface area contributed by atoms with Gasteiger partial charge in [-0.05, 0) is 36.1 Å². The minimum absolute atomic E-state index is 0.0310. The molecule has 1 aromatic carbocycles. The van der Waals surface area contributed by atoms with E-state index in [9.17, 15) is 13.2 Å². The van der Waals surface area contributed by atoms with Crippen molar-refractivity contribution < 1.29 is 18.3 Å². The maximum atomic E-state index is 12.2. The van der Waals surface area contributed by atoms with Gasteiger partial charge >= 0.3 is 5.97 Å². The molecule has 0 fully saturated rings. The monoisotopic (exact) mass is 366 g/mol. The quantitative estimate of drug-likeness (QED) is 0.750. The molecule has 0 heterocycles. The fourth-order valence-electron chi connectivity index (χ4n) is 1.54. The number of carbonyl (C=O) groups is 1. The number of rotatable bonds is 7. The van der Waals surface area contributed by atoms with Crippen LogP contribution in [0.1, 0.15) is 23.7 Å². The second-order valence-corrected chi connectivity index (χ2v) is 8.20. The van der Waals surface area contributed by atoms with Gasteiger partial charge in [0.05, 0.1) is 16.2 Å². The van der Waals surface area contributed by atoms with E-state index in [2.05, 4.69) is 15.9 Å². The lowest BCUT2D eigenvalue weighted by Gasteiger charge is -2.08. The average molecular weight is 367 g/mol. The molecule has 0 unspecified atom stereocenters. The normalized spacial score (nSPS) is 11.5. The first-order valence-corrected chi connectivity index (χ1v) is 9.32. The van der Waals surface area contributed by atoms with Crippen LogP contribution < -0.4 is 0 Å². The van der Waals surface area contributed by atoms with E-state index in [1.165, 1.54) is 18.2 Å². The summed E-state index contributed by atoms with van der Waals surface area (Å²) in [6.07, 6.45) is 0.520. The molecule has 0 aliphatic heterocycles. The fourth-order valence-corrected chi connectivity index (χ4v) is 4.41. The number of sulfone groups is 1. The summed E-state index contributed by atoms with van der Waals surface area (Å²) >= 11 is 4.84. The predicted octanol–water partition coefficient (Wildman–Crippen LogP) is 3.06. The maximum Gasteiger partial charge on any atom is 0.337 e. The number of aromatic carboxylic acids is 1. The van der Waals surface area contributed by atoms with E-state index in [1.807, 2.05) is 6.92 Å². The lowest BCUT2D eigenvalue weighted by atomic mass is 10.2. The summed E-state index contributed by atoms with van der Waals surface area (Å²) in [7, 11) is -3.56. The van der Waals surface area contributed by atoms with Gasteiger partial charge in [0.1, 0.15) is 0 Å². The van der Waals surface area contributed by atoms with Gasteiger partial charge in [-0.2, -0.15) is 11.8 Å². The third kappa shape index (κ3) is 4.81. The van der Waals surface area contributed by atoms with E-state index < -0.39 is 15.8 Å². The van der Waals surface area contributed by atoms with Crippen molar-refractivity contribution in [1.82, 2.24) is 0 Å². The van der Waals surface area contributed by atoms with Crippen molar-refractivity contribution in [2.45, 2.75) is 18.2 Å². The van der Waals surface area contributed by atoms with Gasteiger partial charge < -0.3 is 5.11 Å². The second kappa shape index (κ2) is 7.31. The fraction of sp³-hybridized carbons (Fsp3) is 0.417. The Morgan fingerprint density at radius 2 is 2.11 bits per heavy atom. The van der Waals surface area contributed by atoms with E-state index in [0.717, 1.165) is 11.5 Å². The number of benzene rings is 1. The Bertz CT molecular complexity index is 555. The van der Waals surface area contributed by atoms with E-state index in [4.69, 9.17) is 5.11 Å². The minimum atomic E-state index is -3.56. The maximum absolute atomic E-state index is 12.2. The highest BCUT2D eigenvalue weighted by atomic mass is 79.9. The molecule has 0 amide bonds. The van der Waals surface area contributed by atoms with Crippen LogP contribution in [0.4, 0.5) is 0 Å². The molecule has 0 atom stereocenters. The summed E-state index contributed by atoms with van der Waals surface area (Å²) < 4.78 is 24.9. The molecule has 0 bridgehead atoms. The van der Waals surface area contributed by atoms with Crippen molar-refractivity contribution in [1.29, 1.82) is 0 Å². The molecule has 106 valence electrons. The van der Waals surface area contributed by atoms with Gasteiger partial charge in [0, 0.05) is 4.47 Å². The summed E-state index contributed by atoms with van der Waals surface area (Å²) in [6.45, 7) is 2.01. The molecule has 1 rings (SSSR count). The zero-order valence-electron chi connectivity index (χ0n) is 10.4. The molecule has 0 radical (unpaired) electrons. The van der Waals surface area contributed by atoms with Gasteiger partial charge in [0.15, 0.2) is 9.84 Å². The topological polar surface area (TPSA) is 71.4 Å². The number of halogens is 1. The number of carboxylic acids is 1. The van der Waals surface area contributed by atoms with Gasteiger partial charge in [0.25, 0.3) is 0 Å². The highest BCUT2D eigenvalue weighted by Crippen LogP contribution is 2.23. The second-order valence-electron chi connectivity index (χ2n) is 3.81. The van der Waals surface area contributed by atoms with Crippen LogP contribution >= 0.6 is 27.7 Å². The Kier molecular flexibility index (Phi) is 6.35. The molecule has 0 aromatic heterocycles. The Balaban J connectivity index is 3.00. The molecule has 1 aromatic rings. The zero-order valence-corrected chi connectivity index (χ0v) is 13.6. The van der Waals surface area contributed by atoms with Crippen molar-refractivity contribution in [2.75, 3.05) is 17.3 Å². The lowest BCUT2D eigenvalue weighted by Crippen LogP contribution is -2.13. The van der Waals surface area contributed by atoms with Crippen molar-refractivity contribution in [3.8, 4) is 0 Å². The van der Waals surface area contributed by atoms with Crippen molar-refractivity contribution in [2.24, 2.45) is 0 Å². The first-order chi connectivity index (χ1) is 8.88. The number of hydrogen-bond donors (Lipinski definition) is 1. The van der Waals surface area contributed by atoms with Crippen LogP contribution in [0.5, 0.6) is 0 Å². The van der Waals surface area contributed by atoms with Crippen molar-refractivity contribution >= 4 is 43.5 Å². The minimum Gasteiger partial charge on any atom is -0.478 e. The van der Waals surface area contributed by atoms with E-state index >= 15 is 0 Å². The van der Waals surface area contributed by atoms with Crippen LogP contribution in [-0.2, 0) is 9.84 Å². The largest absolute Gasteiger partial charge is 0.478 e. The summed E-state index contributed by atoms with van der Waals surface area (Å²) in [5.74, 6) is 0.439. The summed E-state index contributed by atoms with van der Waals surface area (Å²) in [5, 5.41) is 9.05. The summed E-state index contributed by atoms with van der Waals surface area (Å²) in [6, 6.07) is 4.18. The Labute approximate surface area is 125 Å². The molecule has 0 saturated carbocycles. The summed E-state index contributed by atoms with van der Waals surface area (Å²) in [4.78, 5) is 11.0. The van der Waals surface area contributed by atoms with E-state index in [-0.39, 0.29) is 16.2 Å². The van der Waals surface area contributed by atoms with E-state index in [1.54, 1.807) is 11.8 Å². The first kappa shape index (κ1) is 16.5. The van der Waals surface area contributed by atoms with Gasteiger partial charge in [-0.1, -0.05) is 22.9 Å². The number of thioether (sulfide) groups is 1. The van der Waals surface area contributed by atoms with Gasteiger partial charge in [-0.25, -0.2) is 13.2 Å². The van der Waals surface area contributed by atoms with Gasteiger partial charge in [0.2, 0.25) is 0 Å². The van der Waals surface area contributed by atoms with Crippen LogP contribution in [0, 0.1) is 0 Å². The zero-order chi connectivity index (χ0) is 14.5. The average Bonchev–Trinajstić information content (AvgIpc) is 2.34. The highest BCUT2D eigenvalue weighted by Gasteiger charge is 2.22. The van der Waals surface area contributed by atoms with Crippen molar-refractivity contribution in [3.63, 3.8) is 0 Å². The molecule has 7 heteroatoms. The van der Waals surface area contributed by atoms with Crippen LogP contribution in [0.25, 0.3) is 0 Å². The summed E-state index contributed by atoms with van der Waals surface area (Å²) in [5.41, 5.74) is -0.175. The molecular formula is C12H15BrO4S2. The molecule has 0 spiro atoms. The third-order valence-corrected chi connectivity index (χ3v) is 5.73. The smallest absolute Gasteiger partial charge is 0.337 e. The van der Waals surface area contributed by atoms with Gasteiger partial charge in [-0.15, -0.1) is 0 Å². The number of carboxylic acid groups (broad SMARTS) is 1. The molecule has 19 heavy (non-hydrogen) atoms. The SMILES string of the molecule is CCSCCCS(=O)(=O)c1cc(Br)ccc1C(=O)O. The molecule has 4 nitrogen and oxygen atoms in total. The Morgan fingerprint density at radius 1 is 1.42 bits per heavy atom. The number of hydrogen-bond acceptors (Lipinski definition) is 4. The highest BCUT2D eigenvalue weighted by molar-refractivity contribution is 9.10. The molecule has 1 N–H and O–H groups in total. The van der Waals surface area contributed by atoms with Crippen LogP contribution in [0.15, 0.2) is 27.6 Å². The van der Waals surface area contributed by atoms with Crippen LogP contribution in [0.2, 0.25) is 0 Å². The molecule has 0 saturated heterocycles. The molecule has 0 aliphatic carbocycles.